The van der Waals surface area contributed by atoms with E-state index in [0.717, 1.165) is 5.57 Å². The first-order valence-corrected chi connectivity index (χ1v) is 10.4. The summed E-state index contributed by atoms with van der Waals surface area (Å²) in [6.45, 7) is 7.26. The highest BCUT2D eigenvalue weighted by atomic mass is 16.5. The van der Waals surface area contributed by atoms with Gasteiger partial charge in [0.1, 0.15) is 17.2 Å². The summed E-state index contributed by atoms with van der Waals surface area (Å²) in [5.41, 5.74) is 1.91. The van der Waals surface area contributed by atoms with Crippen molar-refractivity contribution < 1.29 is 30.0 Å². The van der Waals surface area contributed by atoms with E-state index in [2.05, 4.69) is 0 Å². The summed E-state index contributed by atoms with van der Waals surface area (Å²) in [5.74, 6) is -0.120. The summed E-state index contributed by atoms with van der Waals surface area (Å²) < 4.78 is 6.09. The quantitative estimate of drug-likeness (QED) is 0.521. The number of benzene rings is 2. The van der Waals surface area contributed by atoms with E-state index in [1.165, 1.54) is 12.1 Å². The first kappa shape index (κ1) is 22.8. The number of carbonyl (C=O) groups is 1. The molecule has 6 heteroatoms. The molecule has 1 heterocycles. The Morgan fingerprint density at radius 1 is 1.16 bits per heavy atom. The van der Waals surface area contributed by atoms with Crippen LogP contribution in [0.25, 0.3) is 0 Å². The Hall–Kier alpha value is -2.83. The Kier molecular flexibility index (Phi) is 6.43. The smallest absolute Gasteiger partial charge is 0.199 e. The van der Waals surface area contributed by atoms with Gasteiger partial charge in [-0.1, -0.05) is 23.8 Å². The number of Topliss-reactive ketones (excluding diaryl/α,β-unsaturated/α-hetero) is 1. The molecule has 0 saturated heterocycles. The number of aryl methyl sites for hydroxylation is 1. The van der Waals surface area contributed by atoms with Crippen LogP contribution < -0.4 is 4.74 Å². The van der Waals surface area contributed by atoms with Crippen LogP contribution in [-0.4, -0.2) is 37.9 Å². The number of allylic oxidation sites excluding steroid dienone is 2. The predicted octanol–water partition coefficient (Wildman–Crippen LogP) is 3.99. The number of hydrogen-bond acceptors (Lipinski definition) is 6. The third-order valence-corrected chi connectivity index (χ3v) is 5.44. The van der Waals surface area contributed by atoms with Crippen LogP contribution in [-0.2, 0) is 12.8 Å². The third-order valence-electron chi connectivity index (χ3n) is 5.44. The van der Waals surface area contributed by atoms with E-state index >= 15 is 0 Å². The van der Waals surface area contributed by atoms with Crippen molar-refractivity contribution >= 4 is 5.78 Å². The van der Waals surface area contributed by atoms with Crippen LogP contribution in [0.15, 0.2) is 42.0 Å². The minimum atomic E-state index is -1.42. The molecule has 166 valence electrons. The van der Waals surface area contributed by atoms with Gasteiger partial charge in [0.25, 0.3) is 0 Å². The number of ether oxygens (including phenoxy) is 1. The Morgan fingerprint density at radius 3 is 2.39 bits per heavy atom. The van der Waals surface area contributed by atoms with Crippen LogP contribution in [0.5, 0.6) is 17.2 Å². The van der Waals surface area contributed by atoms with Gasteiger partial charge in [0.15, 0.2) is 18.0 Å². The maximum Gasteiger partial charge on any atom is 0.199 e. The second kappa shape index (κ2) is 8.73. The Bertz CT molecular complexity index is 994. The normalized spacial score (nSPS) is 18.3. The van der Waals surface area contributed by atoms with Crippen molar-refractivity contribution in [3.05, 3.63) is 64.2 Å². The van der Waals surface area contributed by atoms with Crippen LogP contribution in [0.3, 0.4) is 0 Å². The number of ketones is 1. The number of phenolic OH excluding ortho intramolecular Hbond substituents is 2. The largest absolute Gasteiger partial charge is 0.508 e. The molecule has 0 unspecified atom stereocenters. The molecule has 0 aliphatic carbocycles. The molecule has 4 N–H and O–H groups in total. The Morgan fingerprint density at radius 2 is 1.81 bits per heavy atom. The average molecular weight is 427 g/mol. The van der Waals surface area contributed by atoms with Gasteiger partial charge in [0, 0.05) is 5.56 Å². The van der Waals surface area contributed by atoms with E-state index in [1.807, 2.05) is 19.9 Å². The molecule has 3 rings (SSSR count). The van der Waals surface area contributed by atoms with Crippen molar-refractivity contribution in [2.45, 2.75) is 64.8 Å². The topological polar surface area (TPSA) is 107 Å². The molecule has 1 aliphatic heterocycles. The summed E-state index contributed by atoms with van der Waals surface area (Å²) in [6.07, 6.45) is 0.694. The van der Waals surface area contributed by atoms with E-state index in [1.54, 1.807) is 32.0 Å². The number of phenols is 2. The number of aliphatic hydroxyl groups excluding tert-OH is 1. The molecule has 0 fully saturated rings. The number of fused-ring (bicyclic) bond motifs is 1. The highest BCUT2D eigenvalue weighted by Gasteiger charge is 2.39. The Balaban J connectivity index is 2.10. The number of rotatable bonds is 6. The van der Waals surface area contributed by atoms with Crippen molar-refractivity contribution in [2.24, 2.45) is 0 Å². The van der Waals surface area contributed by atoms with E-state index in [-0.39, 0.29) is 22.8 Å². The van der Waals surface area contributed by atoms with Gasteiger partial charge in [0.05, 0.1) is 11.2 Å². The van der Waals surface area contributed by atoms with Crippen LogP contribution in [0.4, 0.5) is 0 Å². The summed E-state index contributed by atoms with van der Waals surface area (Å²) in [7, 11) is 0. The fourth-order valence-corrected chi connectivity index (χ4v) is 3.62. The van der Waals surface area contributed by atoms with Crippen molar-refractivity contribution in [3.63, 3.8) is 0 Å². The number of aliphatic hydroxyl groups is 2. The zero-order valence-corrected chi connectivity index (χ0v) is 18.3. The second-order valence-corrected chi connectivity index (χ2v) is 8.98. The van der Waals surface area contributed by atoms with Gasteiger partial charge in [-0.25, -0.2) is 0 Å². The molecule has 0 bridgehead atoms. The zero-order chi connectivity index (χ0) is 22.9. The first-order valence-electron chi connectivity index (χ1n) is 10.4. The SMILES string of the molecule is CC(C)=CCc1c(O)c(CCC(C)(C)O)cc2c1O[C@H](c1ccc(O)cc1)[C@@H](O)C2=O. The molecule has 2 aromatic carbocycles. The average Bonchev–Trinajstić information content (AvgIpc) is 2.68. The van der Waals surface area contributed by atoms with Gasteiger partial charge in [-0.15, -0.1) is 0 Å². The molecular weight excluding hydrogens is 396 g/mol. The second-order valence-electron chi connectivity index (χ2n) is 8.98. The standard InChI is InChI=1S/C25H30O6/c1-14(2)5-10-18-20(27)16(11-12-25(3,4)30)13-19-21(28)22(29)23(31-24(18)19)15-6-8-17(26)9-7-15/h5-9,13,22-23,26-27,29-30H,10-12H2,1-4H3/t22-,23+/m0/s1. The van der Waals surface area contributed by atoms with Crippen LogP contribution in [0.1, 0.15) is 67.3 Å². The van der Waals surface area contributed by atoms with Crippen LogP contribution in [0, 0.1) is 0 Å². The number of hydrogen-bond donors (Lipinski definition) is 4. The highest BCUT2D eigenvalue weighted by Crippen LogP contribution is 2.44. The molecule has 0 aromatic heterocycles. The lowest BCUT2D eigenvalue weighted by Gasteiger charge is -2.32. The van der Waals surface area contributed by atoms with Gasteiger partial charge < -0.3 is 25.2 Å². The lowest BCUT2D eigenvalue weighted by molar-refractivity contribution is 0.0211. The summed E-state index contributed by atoms with van der Waals surface area (Å²) >= 11 is 0. The van der Waals surface area contributed by atoms with E-state index in [9.17, 15) is 25.2 Å². The molecule has 31 heavy (non-hydrogen) atoms. The molecule has 0 spiro atoms. The van der Waals surface area contributed by atoms with E-state index in [4.69, 9.17) is 4.74 Å². The fraction of sp³-hybridized carbons (Fsp3) is 0.400. The van der Waals surface area contributed by atoms with E-state index in [0.29, 0.717) is 36.0 Å². The summed E-state index contributed by atoms with van der Waals surface area (Å²) in [6, 6.07) is 7.67. The van der Waals surface area contributed by atoms with Gasteiger partial charge in [-0.05, 0) is 76.3 Å². The Labute approximate surface area is 182 Å². The zero-order valence-electron chi connectivity index (χ0n) is 18.3. The molecule has 2 aromatic rings. The van der Waals surface area contributed by atoms with Crippen molar-refractivity contribution in [1.82, 2.24) is 0 Å². The molecular formula is C25H30O6. The maximum absolute atomic E-state index is 13.1. The molecule has 2 atom stereocenters. The molecule has 0 amide bonds. The highest BCUT2D eigenvalue weighted by molar-refractivity contribution is 6.04. The molecule has 6 nitrogen and oxygen atoms in total. The minimum Gasteiger partial charge on any atom is -0.508 e. The summed E-state index contributed by atoms with van der Waals surface area (Å²) in [4.78, 5) is 13.1. The van der Waals surface area contributed by atoms with Gasteiger partial charge >= 0.3 is 0 Å². The number of aromatic hydroxyl groups is 2. The summed E-state index contributed by atoms with van der Waals surface area (Å²) in [5, 5.41) is 41.3. The van der Waals surface area contributed by atoms with Gasteiger partial charge in [0.2, 0.25) is 0 Å². The first-order chi connectivity index (χ1) is 14.5. The fourth-order valence-electron chi connectivity index (χ4n) is 3.62. The van der Waals surface area contributed by atoms with Crippen molar-refractivity contribution in [3.8, 4) is 17.2 Å². The van der Waals surface area contributed by atoms with E-state index < -0.39 is 23.6 Å². The number of carbonyl (C=O) groups excluding carboxylic acids is 1. The predicted molar refractivity (Wildman–Crippen MR) is 118 cm³/mol. The minimum absolute atomic E-state index is 0.0362. The molecule has 1 aliphatic rings. The van der Waals surface area contributed by atoms with Crippen molar-refractivity contribution in [1.29, 1.82) is 0 Å². The van der Waals surface area contributed by atoms with Gasteiger partial charge in [-0.3, -0.25) is 4.79 Å². The van der Waals surface area contributed by atoms with Crippen molar-refractivity contribution in [2.75, 3.05) is 0 Å². The molecule has 0 radical (unpaired) electrons. The lowest BCUT2D eigenvalue weighted by Crippen LogP contribution is -2.36. The third kappa shape index (κ3) is 5.09. The lowest BCUT2D eigenvalue weighted by atomic mass is 9.87. The van der Waals surface area contributed by atoms with Crippen LogP contribution >= 0.6 is 0 Å². The van der Waals surface area contributed by atoms with Crippen LogP contribution in [0.2, 0.25) is 0 Å². The monoisotopic (exact) mass is 426 g/mol. The molecule has 0 saturated carbocycles. The van der Waals surface area contributed by atoms with Gasteiger partial charge in [-0.2, -0.15) is 0 Å². The maximum atomic E-state index is 13.1.